The van der Waals surface area contributed by atoms with E-state index < -0.39 is 23.3 Å². The third-order valence-electron chi connectivity index (χ3n) is 5.13. The molecule has 6 heteroatoms. The minimum atomic E-state index is -4.99. The van der Waals surface area contributed by atoms with Crippen molar-refractivity contribution in [2.24, 2.45) is 17.3 Å². The van der Waals surface area contributed by atoms with Crippen LogP contribution >= 0.6 is 0 Å². The number of carbonyl (C=O) groups is 1. The molecule has 0 aromatic heterocycles. The first-order valence-electron chi connectivity index (χ1n) is 6.83. The van der Waals surface area contributed by atoms with Crippen LogP contribution < -0.4 is 0 Å². The highest BCUT2D eigenvalue weighted by Gasteiger charge is 2.59. The third-order valence-corrected chi connectivity index (χ3v) is 5.13. The van der Waals surface area contributed by atoms with Crippen LogP contribution in [0.15, 0.2) is 12.2 Å². The van der Waals surface area contributed by atoms with Gasteiger partial charge in [0.25, 0.3) is 0 Å². The Labute approximate surface area is 114 Å². The fourth-order valence-corrected chi connectivity index (χ4v) is 4.95. The molecule has 0 saturated heterocycles. The van der Waals surface area contributed by atoms with Crippen LogP contribution in [0, 0.1) is 17.3 Å². The lowest BCUT2D eigenvalue weighted by Gasteiger charge is -2.60. The van der Waals surface area contributed by atoms with Crippen LogP contribution in [-0.4, -0.2) is 23.0 Å². The van der Waals surface area contributed by atoms with Crippen molar-refractivity contribution in [3.05, 3.63) is 12.2 Å². The van der Waals surface area contributed by atoms with E-state index in [1.54, 1.807) is 0 Å². The van der Waals surface area contributed by atoms with Gasteiger partial charge in [0.1, 0.15) is 0 Å². The Morgan fingerprint density at radius 1 is 1.20 bits per heavy atom. The molecule has 0 amide bonds. The molecule has 4 saturated carbocycles. The lowest BCUT2D eigenvalue weighted by Crippen LogP contribution is -2.56. The molecule has 0 aliphatic heterocycles. The van der Waals surface area contributed by atoms with Gasteiger partial charge in [-0.1, -0.05) is 6.58 Å². The van der Waals surface area contributed by atoms with Crippen molar-refractivity contribution < 1.29 is 27.8 Å². The zero-order valence-corrected chi connectivity index (χ0v) is 11.0. The Bertz CT molecular complexity index is 455. The Hall–Kier alpha value is -1.04. The topological polar surface area (TPSA) is 46.5 Å². The smallest absolute Gasteiger partial charge is 0.390 e. The van der Waals surface area contributed by atoms with E-state index in [4.69, 9.17) is 0 Å². The highest BCUT2D eigenvalue weighted by atomic mass is 19.4. The minimum absolute atomic E-state index is 0.123. The van der Waals surface area contributed by atoms with Crippen molar-refractivity contribution in [1.82, 2.24) is 0 Å². The summed E-state index contributed by atoms with van der Waals surface area (Å²) in [5.74, 6) is -0.851. The molecule has 2 atom stereocenters. The van der Waals surface area contributed by atoms with Crippen molar-refractivity contribution >= 4 is 5.97 Å². The quantitative estimate of drug-likeness (QED) is 0.628. The molecule has 4 aliphatic carbocycles. The maximum absolute atomic E-state index is 12.2. The van der Waals surface area contributed by atoms with Crippen molar-refractivity contribution in [1.29, 1.82) is 0 Å². The van der Waals surface area contributed by atoms with E-state index in [1.807, 2.05) is 0 Å². The molecule has 4 rings (SSSR count). The van der Waals surface area contributed by atoms with Gasteiger partial charge in [0.15, 0.2) is 0 Å². The molecule has 0 aromatic carbocycles. The summed E-state index contributed by atoms with van der Waals surface area (Å²) >= 11 is 0. The molecule has 20 heavy (non-hydrogen) atoms. The van der Waals surface area contributed by atoms with Crippen LogP contribution in [-0.2, 0) is 9.53 Å². The average molecular weight is 290 g/mol. The molecule has 3 nitrogen and oxygen atoms in total. The van der Waals surface area contributed by atoms with Crippen molar-refractivity contribution in [2.75, 3.05) is 0 Å². The van der Waals surface area contributed by atoms with Crippen LogP contribution in [0.2, 0.25) is 0 Å². The molecule has 1 N–H and O–H groups in total. The summed E-state index contributed by atoms with van der Waals surface area (Å²) < 4.78 is 40.0. The summed E-state index contributed by atoms with van der Waals surface area (Å²) in [4.78, 5) is 11.7. The lowest BCUT2D eigenvalue weighted by molar-refractivity contribution is -0.304. The lowest BCUT2D eigenvalue weighted by atomic mass is 9.46. The number of halogens is 3. The highest BCUT2D eigenvalue weighted by Crippen LogP contribution is 2.64. The van der Waals surface area contributed by atoms with E-state index in [9.17, 15) is 23.1 Å². The van der Waals surface area contributed by atoms with Crippen molar-refractivity contribution in [3.8, 4) is 0 Å². The van der Waals surface area contributed by atoms with Crippen molar-refractivity contribution in [2.45, 2.75) is 50.5 Å². The first-order chi connectivity index (χ1) is 9.11. The van der Waals surface area contributed by atoms with Crippen LogP contribution in [0.1, 0.15) is 38.5 Å². The molecule has 0 aromatic rings. The molecule has 0 spiro atoms. The van der Waals surface area contributed by atoms with E-state index in [0.29, 0.717) is 32.1 Å². The largest absolute Gasteiger partial charge is 0.575 e. The number of carbonyl (C=O) groups excluding carboxylic acids is 1. The van der Waals surface area contributed by atoms with Gasteiger partial charge in [0.05, 0.1) is 5.60 Å². The van der Waals surface area contributed by atoms with Gasteiger partial charge in [-0.05, 0) is 50.4 Å². The second kappa shape index (κ2) is 4.00. The molecule has 2 unspecified atom stereocenters. The molecule has 0 heterocycles. The summed E-state index contributed by atoms with van der Waals surface area (Å²) in [6.07, 6.45) is -1.02. The fourth-order valence-electron chi connectivity index (χ4n) is 4.95. The van der Waals surface area contributed by atoms with Crippen LogP contribution in [0.25, 0.3) is 0 Å². The minimum Gasteiger partial charge on any atom is -0.390 e. The Balaban J connectivity index is 1.82. The van der Waals surface area contributed by atoms with Gasteiger partial charge in [-0.25, -0.2) is 4.79 Å². The summed E-state index contributed by atoms with van der Waals surface area (Å²) in [7, 11) is 0. The maximum atomic E-state index is 12.2. The highest BCUT2D eigenvalue weighted by molar-refractivity contribution is 5.89. The Morgan fingerprint density at radius 2 is 1.75 bits per heavy atom. The SMILES string of the molecule is C=C(C(=O)OC(F)(F)F)C12CC3CC(CC(O)(C3)C1)C2. The monoisotopic (exact) mass is 290 g/mol. The number of aliphatic hydroxyl groups is 1. The Morgan fingerprint density at radius 3 is 2.20 bits per heavy atom. The number of hydrogen-bond acceptors (Lipinski definition) is 3. The van der Waals surface area contributed by atoms with Gasteiger partial charge < -0.3 is 9.84 Å². The van der Waals surface area contributed by atoms with Gasteiger partial charge in [-0.3, -0.25) is 0 Å². The first-order valence-corrected chi connectivity index (χ1v) is 6.83. The second-order valence-electron chi connectivity index (χ2n) is 6.78. The number of hydrogen-bond donors (Lipinski definition) is 1. The summed E-state index contributed by atoms with van der Waals surface area (Å²) in [6.45, 7) is 3.57. The molecular weight excluding hydrogens is 273 g/mol. The van der Waals surface area contributed by atoms with Crippen LogP contribution in [0.3, 0.4) is 0 Å². The summed E-state index contributed by atoms with van der Waals surface area (Å²) in [6, 6.07) is 0. The van der Waals surface area contributed by atoms with E-state index in [1.165, 1.54) is 0 Å². The number of ether oxygens (including phenoxy) is 1. The molecule has 4 fully saturated rings. The van der Waals surface area contributed by atoms with Gasteiger partial charge in [-0.15, -0.1) is 13.2 Å². The zero-order chi connectivity index (χ0) is 14.8. The third kappa shape index (κ3) is 2.24. The maximum Gasteiger partial charge on any atom is 0.575 e. The number of alkyl halides is 3. The number of rotatable bonds is 2. The predicted octanol–water partition coefficient (Wildman–Crippen LogP) is 2.94. The molecule has 4 bridgehead atoms. The predicted molar refractivity (Wildman–Crippen MR) is 63.4 cm³/mol. The molecule has 0 radical (unpaired) electrons. The average Bonchev–Trinajstić information content (AvgIpc) is 2.21. The standard InChI is InChI=1S/C14H17F3O3/c1-8(11(18)20-14(15,16)17)12-3-9-2-10(4-12)6-13(19,5-9)7-12/h9-10,19H,1-7H2. The van der Waals surface area contributed by atoms with E-state index in [2.05, 4.69) is 11.3 Å². The number of esters is 1. The zero-order valence-electron chi connectivity index (χ0n) is 11.0. The molecule has 4 aliphatic rings. The fraction of sp³-hybridized carbons (Fsp3) is 0.786. The second-order valence-corrected chi connectivity index (χ2v) is 6.78. The van der Waals surface area contributed by atoms with Crippen LogP contribution in [0.4, 0.5) is 13.2 Å². The van der Waals surface area contributed by atoms with E-state index in [0.717, 1.165) is 6.42 Å². The van der Waals surface area contributed by atoms with Gasteiger partial charge in [-0.2, -0.15) is 0 Å². The van der Waals surface area contributed by atoms with E-state index in [-0.39, 0.29) is 17.4 Å². The molecular formula is C14H17F3O3. The molecule has 112 valence electrons. The van der Waals surface area contributed by atoms with Crippen LogP contribution in [0.5, 0.6) is 0 Å². The summed E-state index contributed by atoms with van der Waals surface area (Å²) in [5, 5.41) is 10.5. The first kappa shape index (κ1) is 13.9. The van der Waals surface area contributed by atoms with E-state index >= 15 is 0 Å². The van der Waals surface area contributed by atoms with Gasteiger partial charge in [0, 0.05) is 11.0 Å². The van der Waals surface area contributed by atoms with Gasteiger partial charge in [0.2, 0.25) is 0 Å². The summed E-state index contributed by atoms with van der Waals surface area (Å²) in [5.41, 5.74) is -1.67. The van der Waals surface area contributed by atoms with Gasteiger partial charge >= 0.3 is 12.3 Å². The normalized spacial score (nSPS) is 42.6. The Kier molecular flexibility index (Phi) is 2.78. The van der Waals surface area contributed by atoms with Crippen molar-refractivity contribution in [3.63, 3.8) is 0 Å².